The summed E-state index contributed by atoms with van der Waals surface area (Å²) in [6.07, 6.45) is -6.05. The van der Waals surface area contributed by atoms with Gasteiger partial charge in [-0.05, 0) is 12.2 Å². The van der Waals surface area contributed by atoms with Crippen LogP contribution in [0.4, 0.5) is 26.3 Å². The van der Waals surface area contributed by atoms with Crippen LogP contribution in [0.25, 0.3) is 0 Å². The molecule has 0 fully saturated rings. The smallest absolute Gasteiger partial charge is 0.395 e. The van der Waals surface area contributed by atoms with E-state index in [1.54, 1.807) is 0 Å². The minimum Gasteiger partial charge on any atom is -0.395 e. The van der Waals surface area contributed by atoms with Crippen molar-refractivity contribution in [2.45, 2.75) is 24.8 Å². The van der Waals surface area contributed by atoms with Crippen LogP contribution in [0.2, 0.25) is 0 Å². The van der Waals surface area contributed by atoms with Gasteiger partial charge in [-0.25, -0.2) is 0 Å². The quantitative estimate of drug-likeness (QED) is 0.554. The van der Waals surface area contributed by atoms with Crippen LogP contribution in [0.5, 0.6) is 0 Å². The Balaban J connectivity index is 2.69. The summed E-state index contributed by atoms with van der Waals surface area (Å²) >= 11 is 0. The first-order valence-electron chi connectivity index (χ1n) is 5.32. The van der Waals surface area contributed by atoms with Crippen LogP contribution in [-0.4, -0.2) is 24.1 Å². The lowest BCUT2D eigenvalue weighted by atomic mass is 10.1. The summed E-state index contributed by atoms with van der Waals surface area (Å²) in [7, 11) is 0. The monoisotopic (exact) mass is 299 g/mol. The van der Waals surface area contributed by atoms with Crippen molar-refractivity contribution in [1.82, 2.24) is 5.32 Å². The third-order valence-corrected chi connectivity index (χ3v) is 2.33. The van der Waals surface area contributed by atoms with E-state index in [0.29, 0.717) is 6.08 Å². The topological polar surface area (TPSA) is 61.9 Å². The van der Waals surface area contributed by atoms with Crippen LogP contribution in [0.1, 0.15) is 6.42 Å². The van der Waals surface area contributed by atoms with Crippen molar-refractivity contribution >= 4 is 5.71 Å². The predicted octanol–water partition coefficient (Wildman–Crippen LogP) is 2.78. The molecule has 0 aromatic rings. The maximum Gasteiger partial charge on any atom is 0.430 e. The summed E-state index contributed by atoms with van der Waals surface area (Å²) in [6.45, 7) is 0. The van der Waals surface area contributed by atoms with Crippen molar-refractivity contribution in [2.24, 2.45) is 5.73 Å². The number of dihydropyridines is 1. The molecule has 0 radical (unpaired) electrons. The SMILES string of the molecule is N=C(C=C(N)C(F)(F)F)CC1=CC=CC(C(F)(F)F)N1. The lowest BCUT2D eigenvalue weighted by Crippen LogP contribution is -2.41. The lowest BCUT2D eigenvalue weighted by molar-refractivity contribution is -0.143. The average molecular weight is 299 g/mol. The van der Waals surface area contributed by atoms with E-state index >= 15 is 0 Å². The first-order chi connectivity index (χ1) is 9.00. The minimum atomic E-state index is -4.77. The number of nitrogens with one attached hydrogen (secondary N) is 2. The predicted molar refractivity (Wildman–Crippen MR) is 60.9 cm³/mol. The molecule has 0 spiro atoms. The second-order valence-corrected chi connectivity index (χ2v) is 4.04. The van der Waals surface area contributed by atoms with Crippen LogP contribution >= 0.6 is 0 Å². The maximum absolute atomic E-state index is 12.4. The van der Waals surface area contributed by atoms with E-state index in [4.69, 9.17) is 11.1 Å². The fraction of sp³-hybridized carbons (Fsp3) is 0.364. The Labute approximate surface area is 110 Å². The Kier molecular flexibility index (Phi) is 4.51. The fourth-order valence-corrected chi connectivity index (χ4v) is 1.41. The molecule has 1 aliphatic heterocycles. The molecule has 0 amide bonds. The molecule has 20 heavy (non-hydrogen) atoms. The summed E-state index contributed by atoms with van der Waals surface area (Å²) in [5.41, 5.74) is 2.69. The van der Waals surface area contributed by atoms with Crippen molar-refractivity contribution in [2.75, 3.05) is 0 Å². The van der Waals surface area contributed by atoms with Gasteiger partial charge in [-0.2, -0.15) is 26.3 Å². The second kappa shape index (κ2) is 5.59. The van der Waals surface area contributed by atoms with Gasteiger partial charge in [0.05, 0.1) is 0 Å². The van der Waals surface area contributed by atoms with Crippen LogP contribution < -0.4 is 11.1 Å². The number of rotatable bonds is 3. The van der Waals surface area contributed by atoms with Crippen LogP contribution in [-0.2, 0) is 0 Å². The molecule has 0 saturated carbocycles. The molecule has 0 bridgehead atoms. The number of hydrogen-bond acceptors (Lipinski definition) is 3. The number of nitrogens with two attached hydrogens (primary N) is 1. The molecule has 1 atom stereocenters. The molecule has 1 rings (SSSR count). The number of halogens is 6. The highest BCUT2D eigenvalue weighted by molar-refractivity contribution is 5.94. The Bertz CT molecular complexity index is 470. The summed E-state index contributed by atoms with van der Waals surface area (Å²) < 4.78 is 73.7. The van der Waals surface area contributed by atoms with Gasteiger partial charge in [0, 0.05) is 17.8 Å². The van der Waals surface area contributed by atoms with Crippen molar-refractivity contribution < 1.29 is 26.3 Å². The van der Waals surface area contributed by atoms with Crippen molar-refractivity contribution in [1.29, 1.82) is 5.41 Å². The van der Waals surface area contributed by atoms with E-state index in [2.05, 4.69) is 5.32 Å². The van der Waals surface area contributed by atoms with Gasteiger partial charge in [0.25, 0.3) is 0 Å². The van der Waals surface area contributed by atoms with Gasteiger partial charge in [0.15, 0.2) is 0 Å². The molecule has 112 valence electrons. The number of allylic oxidation sites excluding steroid dienone is 5. The molecule has 0 saturated heterocycles. The van der Waals surface area contributed by atoms with Crippen molar-refractivity contribution in [3.63, 3.8) is 0 Å². The first kappa shape index (κ1) is 16.1. The van der Waals surface area contributed by atoms with E-state index in [0.717, 1.165) is 12.2 Å². The van der Waals surface area contributed by atoms with E-state index < -0.39 is 36.2 Å². The Morgan fingerprint density at radius 2 is 1.90 bits per heavy atom. The van der Waals surface area contributed by atoms with Crippen LogP contribution in [0.3, 0.4) is 0 Å². The van der Waals surface area contributed by atoms with E-state index in [1.807, 2.05) is 0 Å². The van der Waals surface area contributed by atoms with Gasteiger partial charge in [-0.3, -0.25) is 0 Å². The van der Waals surface area contributed by atoms with E-state index in [1.165, 1.54) is 6.08 Å². The molecule has 1 unspecified atom stereocenters. The molecule has 0 aliphatic carbocycles. The van der Waals surface area contributed by atoms with Gasteiger partial charge in [0.1, 0.15) is 11.7 Å². The molecule has 1 heterocycles. The lowest BCUT2D eigenvalue weighted by Gasteiger charge is -2.23. The molecule has 4 N–H and O–H groups in total. The Morgan fingerprint density at radius 3 is 2.40 bits per heavy atom. The van der Waals surface area contributed by atoms with Gasteiger partial charge in [-0.15, -0.1) is 0 Å². The zero-order valence-electron chi connectivity index (χ0n) is 9.94. The van der Waals surface area contributed by atoms with Crippen LogP contribution in [0.15, 0.2) is 35.7 Å². The maximum atomic E-state index is 12.4. The van der Waals surface area contributed by atoms with Crippen molar-refractivity contribution in [3.05, 3.63) is 35.7 Å². The highest BCUT2D eigenvalue weighted by Crippen LogP contribution is 2.25. The molecule has 3 nitrogen and oxygen atoms in total. The average Bonchev–Trinajstić information content (AvgIpc) is 2.26. The van der Waals surface area contributed by atoms with Gasteiger partial charge in [-0.1, -0.05) is 12.2 Å². The standard InChI is InChI=1S/C11H11F6N3/c12-10(13,14)8(19)5-6(18)4-7-2-1-3-9(20-7)11(15,16)17/h1-3,5,9,18,20H,4,19H2. The van der Waals surface area contributed by atoms with Crippen LogP contribution in [0, 0.1) is 5.41 Å². The van der Waals surface area contributed by atoms with E-state index in [-0.39, 0.29) is 5.70 Å². The molecule has 0 aromatic carbocycles. The van der Waals surface area contributed by atoms with Gasteiger partial charge in [0.2, 0.25) is 0 Å². The fourth-order valence-electron chi connectivity index (χ4n) is 1.41. The van der Waals surface area contributed by atoms with E-state index in [9.17, 15) is 26.3 Å². The molecular formula is C11H11F6N3. The molecule has 1 aliphatic rings. The zero-order valence-corrected chi connectivity index (χ0v) is 9.94. The normalized spacial score (nSPS) is 20.4. The summed E-state index contributed by atoms with van der Waals surface area (Å²) in [5.74, 6) is 0. The molecule has 9 heteroatoms. The number of alkyl halides is 6. The summed E-state index contributed by atoms with van der Waals surface area (Å²) in [6, 6.07) is -1.92. The third kappa shape index (κ3) is 4.63. The van der Waals surface area contributed by atoms with Gasteiger partial charge >= 0.3 is 12.4 Å². The third-order valence-electron chi connectivity index (χ3n) is 2.33. The highest BCUT2D eigenvalue weighted by atomic mass is 19.4. The number of hydrogen-bond donors (Lipinski definition) is 3. The largest absolute Gasteiger partial charge is 0.430 e. The zero-order chi connectivity index (χ0) is 15.6. The Morgan fingerprint density at radius 1 is 1.30 bits per heavy atom. The highest BCUT2D eigenvalue weighted by Gasteiger charge is 2.39. The minimum absolute atomic E-state index is 0.00829. The molecule has 0 aromatic heterocycles. The Hall–Kier alpha value is -1.93. The molecular weight excluding hydrogens is 288 g/mol. The van der Waals surface area contributed by atoms with Gasteiger partial charge < -0.3 is 16.5 Å². The summed E-state index contributed by atoms with van der Waals surface area (Å²) in [5, 5.41) is 9.41. The van der Waals surface area contributed by atoms with Crippen molar-refractivity contribution in [3.8, 4) is 0 Å². The summed E-state index contributed by atoms with van der Waals surface area (Å²) in [4.78, 5) is 0. The second-order valence-electron chi connectivity index (χ2n) is 4.04. The first-order valence-corrected chi connectivity index (χ1v) is 5.32.